The van der Waals surface area contributed by atoms with Gasteiger partial charge in [-0.2, -0.15) is 0 Å². The first-order valence-electron chi connectivity index (χ1n) is 12.6. The largest absolute Gasteiger partial charge is 0.309 e. The Bertz CT molecular complexity index is 2030. The maximum absolute atomic E-state index is 6.92. The van der Waals surface area contributed by atoms with E-state index in [9.17, 15) is 0 Å². The topological polar surface area (TPSA) is 9.86 Å². The summed E-state index contributed by atoms with van der Waals surface area (Å²) in [5.74, 6) is 0. The molecule has 0 fully saturated rings. The lowest BCUT2D eigenvalue weighted by Gasteiger charge is -2.09. The van der Waals surface area contributed by atoms with Crippen LogP contribution in [0.15, 0.2) is 121 Å². The third kappa shape index (κ3) is 2.90. The van der Waals surface area contributed by atoms with E-state index in [0.29, 0.717) is 0 Å². The molecule has 8 rings (SSSR count). The van der Waals surface area contributed by atoms with Crippen molar-refractivity contribution in [2.24, 2.45) is 0 Å². The Kier molecular flexibility index (Phi) is 4.66. The normalized spacial score (nSPS) is 11.9. The number of halogens is 2. The highest BCUT2D eigenvalue weighted by Gasteiger charge is 2.21. The lowest BCUT2D eigenvalue weighted by atomic mass is 9.99. The number of fused-ring (bicyclic) bond motifs is 9. The van der Waals surface area contributed by atoms with Gasteiger partial charge in [0.15, 0.2) is 0 Å². The van der Waals surface area contributed by atoms with Crippen LogP contribution in [0.2, 0.25) is 10.0 Å². The van der Waals surface area contributed by atoms with Crippen LogP contribution in [0.3, 0.4) is 0 Å². The molecular weight excluding hydrogens is 507 g/mol. The quantitative estimate of drug-likeness (QED) is 0.212. The Morgan fingerprint density at radius 3 is 1.16 bits per heavy atom. The second-order valence-electron chi connectivity index (χ2n) is 9.62. The summed E-state index contributed by atoms with van der Waals surface area (Å²) >= 11 is 13.8. The zero-order valence-electron chi connectivity index (χ0n) is 20.2. The number of benzene rings is 6. The molecular formula is C34H20Cl2N2. The molecule has 0 aliphatic rings. The van der Waals surface area contributed by atoms with Gasteiger partial charge in [0, 0.05) is 32.9 Å². The van der Waals surface area contributed by atoms with Crippen LogP contribution in [0.5, 0.6) is 0 Å². The molecule has 2 aromatic heterocycles. The molecule has 0 N–H and O–H groups in total. The molecule has 4 heteroatoms. The molecule has 0 unspecified atom stereocenters. The fourth-order valence-electron chi connectivity index (χ4n) is 6.14. The molecule has 0 aliphatic carbocycles. The zero-order valence-corrected chi connectivity index (χ0v) is 21.7. The van der Waals surface area contributed by atoms with Gasteiger partial charge in [-0.05, 0) is 71.4 Å². The van der Waals surface area contributed by atoms with Gasteiger partial charge >= 0.3 is 0 Å². The molecule has 6 aromatic carbocycles. The Morgan fingerprint density at radius 1 is 0.342 bits per heavy atom. The minimum Gasteiger partial charge on any atom is -0.309 e. The maximum atomic E-state index is 6.92. The fourth-order valence-corrected chi connectivity index (χ4v) is 6.67. The molecule has 0 aliphatic heterocycles. The summed E-state index contributed by atoms with van der Waals surface area (Å²) in [5.41, 5.74) is 6.66. The summed E-state index contributed by atoms with van der Waals surface area (Å²) in [6, 6.07) is 42.2. The van der Waals surface area contributed by atoms with Crippen molar-refractivity contribution in [3.05, 3.63) is 131 Å². The summed E-state index contributed by atoms with van der Waals surface area (Å²) in [6.07, 6.45) is 0. The van der Waals surface area contributed by atoms with Crippen molar-refractivity contribution in [1.82, 2.24) is 9.13 Å². The third-order valence-electron chi connectivity index (χ3n) is 7.63. The molecule has 2 nitrogen and oxygen atoms in total. The molecule has 0 radical (unpaired) electrons. The van der Waals surface area contributed by atoms with Crippen molar-refractivity contribution in [3.63, 3.8) is 0 Å². The number of hydrogen-bond donors (Lipinski definition) is 0. The average Bonchev–Trinajstić information content (AvgIpc) is 3.48. The van der Waals surface area contributed by atoms with Crippen LogP contribution in [0.25, 0.3) is 65.8 Å². The summed E-state index contributed by atoms with van der Waals surface area (Å²) in [5, 5.41) is 8.26. The van der Waals surface area contributed by atoms with Crippen LogP contribution in [-0.4, -0.2) is 9.13 Å². The zero-order chi connectivity index (χ0) is 25.4. The van der Waals surface area contributed by atoms with Crippen molar-refractivity contribution in [2.75, 3.05) is 0 Å². The molecule has 0 atom stereocenters. The van der Waals surface area contributed by atoms with Crippen LogP contribution in [0, 0.1) is 0 Å². The first-order chi connectivity index (χ1) is 18.7. The number of rotatable bonds is 2. The highest BCUT2D eigenvalue weighted by Crippen LogP contribution is 2.45. The first-order valence-corrected chi connectivity index (χ1v) is 13.4. The minimum atomic E-state index is 0.750. The average molecular weight is 527 g/mol. The summed E-state index contributed by atoms with van der Waals surface area (Å²) < 4.78 is 4.61. The molecule has 0 spiro atoms. The lowest BCUT2D eigenvalue weighted by Crippen LogP contribution is -1.93. The first kappa shape index (κ1) is 21.8. The predicted octanol–water partition coefficient (Wildman–Crippen LogP) is 10.3. The fraction of sp³-hybridized carbons (Fsp3) is 0. The van der Waals surface area contributed by atoms with Gasteiger partial charge in [0.05, 0.1) is 32.1 Å². The number of nitrogens with zero attached hydrogens (tertiary/aromatic N) is 2. The second-order valence-corrected chi connectivity index (χ2v) is 10.4. The van der Waals surface area contributed by atoms with Crippen molar-refractivity contribution >= 4 is 77.6 Å². The van der Waals surface area contributed by atoms with E-state index in [4.69, 9.17) is 23.2 Å². The highest BCUT2D eigenvalue weighted by atomic mass is 35.5. The number of aromatic nitrogens is 2. The third-order valence-corrected chi connectivity index (χ3v) is 8.26. The van der Waals surface area contributed by atoms with Gasteiger partial charge in [0.25, 0.3) is 0 Å². The van der Waals surface area contributed by atoms with Crippen LogP contribution < -0.4 is 0 Å². The van der Waals surface area contributed by atoms with E-state index >= 15 is 0 Å². The summed E-state index contributed by atoms with van der Waals surface area (Å²) in [6.45, 7) is 0. The number of hydrogen-bond acceptors (Lipinski definition) is 0. The van der Waals surface area contributed by atoms with Gasteiger partial charge in [-0.3, -0.25) is 0 Å². The minimum absolute atomic E-state index is 0.750. The molecule has 0 saturated carbocycles. The van der Waals surface area contributed by atoms with Crippen molar-refractivity contribution in [1.29, 1.82) is 0 Å². The molecule has 0 saturated heterocycles. The van der Waals surface area contributed by atoms with Gasteiger partial charge in [-0.1, -0.05) is 83.9 Å². The molecule has 8 aromatic rings. The van der Waals surface area contributed by atoms with E-state index in [1.807, 2.05) is 36.4 Å². The van der Waals surface area contributed by atoms with Crippen LogP contribution in [0.4, 0.5) is 0 Å². The Balaban J connectivity index is 1.60. The van der Waals surface area contributed by atoms with E-state index in [2.05, 4.69) is 94.1 Å². The molecule has 38 heavy (non-hydrogen) atoms. The highest BCUT2D eigenvalue weighted by molar-refractivity contribution is 6.42. The van der Waals surface area contributed by atoms with E-state index in [1.54, 1.807) is 0 Å². The molecule has 180 valence electrons. The molecule has 0 bridgehead atoms. The molecule has 2 heterocycles. The predicted molar refractivity (Wildman–Crippen MR) is 163 cm³/mol. The van der Waals surface area contributed by atoms with Crippen molar-refractivity contribution in [3.8, 4) is 11.4 Å². The van der Waals surface area contributed by atoms with Crippen molar-refractivity contribution in [2.45, 2.75) is 0 Å². The summed E-state index contributed by atoms with van der Waals surface area (Å²) in [4.78, 5) is 0. The van der Waals surface area contributed by atoms with Crippen molar-refractivity contribution < 1.29 is 0 Å². The standard InChI is InChI=1S/C34H20Cl2N2/c35-25-13-7-15-27-33(25)31-23-18-20-30-32(24(23)17-19-29(31)37(27)21-9-3-1-4-10-21)34-26(36)14-8-16-28(34)38(30)22-11-5-2-6-12-22/h1-20H. The van der Waals surface area contributed by atoms with Crippen LogP contribution in [-0.2, 0) is 0 Å². The lowest BCUT2D eigenvalue weighted by molar-refractivity contribution is 1.18. The number of para-hydroxylation sites is 2. The smallest absolute Gasteiger partial charge is 0.0556 e. The van der Waals surface area contributed by atoms with E-state index in [-0.39, 0.29) is 0 Å². The Morgan fingerprint density at radius 2 is 0.737 bits per heavy atom. The van der Waals surface area contributed by atoms with Crippen LogP contribution >= 0.6 is 23.2 Å². The monoisotopic (exact) mass is 526 g/mol. The van der Waals surface area contributed by atoms with Gasteiger partial charge in [0.2, 0.25) is 0 Å². The Labute approximate surface area is 228 Å². The Hall–Kier alpha value is -4.24. The van der Waals surface area contributed by atoms with E-state index < -0.39 is 0 Å². The SMILES string of the molecule is Clc1cccc2c1c1c3ccc4c(c3ccc1n2-c1ccccc1)c1c(Cl)cccc1n4-c1ccccc1. The second kappa shape index (κ2) is 8.13. The van der Waals surface area contributed by atoms with Crippen LogP contribution in [0.1, 0.15) is 0 Å². The molecule has 0 amide bonds. The summed E-state index contributed by atoms with van der Waals surface area (Å²) in [7, 11) is 0. The van der Waals surface area contributed by atoms with E-state index in [1.165, 1.54) is 0 Å². The van der Waals surface area contributed by atoms with Gasteiger partial charge in [-0.25, -0.2) is 0 Å². The van der Waals surface area contributed by atoms with E-state index in [0.717, 1.165) is 75.8 Å². The maximum Gasteiger partial charge on any atom is 0.0556 e. The van der Waals surface area contributed by atoms with Gasteiger partial charge < -0.3 is 9.13 Å². The van der Waals surface area contributed by atoms with Gasteiger partial charge in [0.1, 0.15) is 0 Å². The van der Waals surface area contributed by atoms with Gasteiger partial charge in [-0.15, -0.1) is 0 Å².